The van der Waals surface area contributed by atoms with Gasteiger partial charge >= 0.3 is 10.1 Å². The molecule has 0 atom stereocenters. The summed E-state index contributed by atoms with van der Waals surface area (Å²) < 4.78 is 46.3. The molecule has 8 heteroatoms. The van der Waals surface area contributed by atoms with Crippen LogP contribution in [0.25, 0.3) is 0 Å². The second kappa shape index (κ2) is 9.48. The molecule has 2 rings (SSSR count). The number of methoxy groups -OCH3 is 1. The van der Waals surface area contributed by atoms with Crippen molar-refractivity contribution in [2.24, 2.45) is 0 Å². The SMILES string of the molecule is CCS(=O)(=O)Oc1cccc(CN(Cc2ccc(F)cc2)C(=O)COC)c1. The third kappa shape index (κ3) is 6.65. The first kappa shape index (κ1) is 20.9. The Morgan fingerprint density at radius 1 is 1.07 bits per heavy atom. The van der Waals surface area contributed by atoms with Gasteiger partial charge in [-0.2, -0.15) is 8.42 Å². The monoisotopic (exact) mass is 395 g/mol. The van der Waals surface area contributed by atoms with E-state index in [0.717, 1.165) is 5.56 Å². The van der Waals surface area contributed by atoms with Crippen molar-refractivity contribution in [2.75, 3.05) is 19.5 Å². The largest absolute Gasteiger partial charge is 0.382 e. The molecule has 0 saturated heterocycles. The van der Waals surface area contributed by atoms with E-state index in [2.05, 4.69) is 0 Å². The lowest BCUT2D eigenvalue weighted by Gasteiger charge is -2.23. The van der Waals surface area contributed by atoms with Crippen molar-refractivity contribution < 1.29 is 26.5 Å². The number of amides is 1. The lowest BCUT2D eigenvalue weighted by Crippen LogP contribution is -2.32. The van der Waals surface area contributed by atoms with Gasteiger partial charge in [-0.05, 0) is 42.3 Å². The van der Waals surface area contributed by atoms with Crippen molar-refractivity contribution in [1.29, 1.82) is 0 Å². The van der Waals surface area contributed by atoms with Crippen LogP contribution in [0, 0.1) is 5.82 Å². The Morgan fingerprint density at radius 3 is 2.37 bits per heavy atom. The third-order valence-electron chi connectivity index (χ3n) is 3.76. The first-order chi connectivity index (χ1) is 12.8. The first-order valence-corrected chi connectivity index (χ1v) is 9.93. The van der Waals surface area contributed by atoms with E-state index in [0.29, 0.717) is 5.56 Å². The molecule has 0 aliphatic rings. The standard InChI is InChI=1S/C19H22FNO5S/c1-3-27(23,24)26-18-6-4-5-16(11-18)13-21(19(22)14-25-2)12-15-7-9-17(20)10-8-15/h4-11H,3,12-14H2,1-2H3. The maximum Gasteiger partial charge on any atom is 0.308 e. The van der Waals surface area contributed by atoms with Gasteiger partial charge in [0.25, 0.3) is 0 Å². The molecular formula is C19H22FNO5S. The third-order valence-corrected chi connectivity index (χ3v) is 4.91. The second-order valence-electron chi connectivity index (χ2n) is 5.89. The fourth-order valence-corrected chi connectivity index (χ4v) is 2.89. The van der Waals surface area contributed by atoms with E-state index < -0.39 is 10.1 Å². The van der Waals surface area contributed by atoms with Crippen LogP contribution < -0.4 is 4.18 Å². The van der Waals surface area contributed by atoms with Crippen LogP contribution in [0.4, 0.5) is 4.39 Å². The van der Waals surface area contributed by atoms with Gasteiger partial charge in [0.05, 0.1) is 5.75 Å². The Balaban J connectivity index is 2.19. The number of carbonyl (C=O) groups is 1. The molecule has 0 heterocycles. The van der Waals surface area contributed by atoms with Crippen molar-refractivity contribution in [3.05, 3.63) is 65.5 Å². The zero-order valence-corrected chi connectivity index (χ0v) is 16.0. The van der Waals surface area contributed by atoms with E-state index in [1.54, 1.807) is 35.2 Å². The van der Waals surface area contributed by atoms with Gasteiger partial charge in [-0.25, -0.2) is 4.39 Å². The lowest BCUT2D eigenvalue weighted by molar-refractivity contribution is -0.136. The van der Waals surface area contributed by atoms with Gasteiger partial charge in [0.15, 0.2) is 0 Å². The summed E-state index contributed by atoms with van der Waals surface area (Å²) in [6.07, 6.45) is 0. The fraction of sp³-hybridized carbons (Fsp3) is 0.316. The van der Waals surface area contributed by atoms with Gasteiger partial charge in [-0.15, -0.1) is 0 Å². The summed E-state index contributed by atoms with van der Waals surface area (Å²) in [7, 11) is -2.20. The molecule has 27 heavy (non-hydrogen) atoms. The Hall–Kier alpha value is -2.45. The zero-order chi connectivity index (χ0) is 19.9. The van der Waals surface area contributed by atoms with E-state index in [9.17, 15) is 17.6 Å². The van der Waals surface area contributed by atoms with Crippen molar-refractivity contribution in [3.8, 4) is 5.75 Å². The topological polar surface area (TPSA) is 72.9 Å². The summed E-state index contributed by atoms with van der Waals surface area (Å²) in [4.78, 5) is 13.9. The summed E-state index contributed by atoms with van der Waals surface area (Å²) in [5, 5.41) is 0. The minimum Gasteiger partial charge on any atom is -0.382 e. The highest BCUT2D eigenvalue weighted by Crippen LogP contribution is 2.18. The average molecular weight is 395 g/mol. The predicted octanol–water partition coefficient (Wildman–Crippen LogP) is 2.73. The minimum atomic E-state index is -3.63. The minimum absolute atomic E-state index is 0.0956. The Morgan fingerprint density at radius 2 is 1.74 bits per heavy atom. The predicted molar refractivity (Wildman–Crippen MR) is 99.1 cm³/mol. The zero-order valence-electron chi connectivity index (χ0n) is 15.2. The molecule has 0 aliphatic heterocycles. The van der Waals surface area contributed by atoms with Crippen molar-refractivity contribution in [2.45, 2.75) is 20.0 Å². The molecule has 0 unspecified atom stereocenters. The number of halogens is 1. The lowest BCUT2D eigenvalue weighted by atomic mass is 10.1. The number of rotatable bonds is 9. The Bertz CT molecular complexity index is 868. The van der Waals surface area contributed by atoms with E-state index in [1.807, 2.05) is 0 Å². The smallest absolute Gasteiger partial charge is 0.308 e. The number of benzene rings is 2. The molecule has 0 aromatic heterocycles. The van der Waals surface area contributed by atoms with Crippen LogP contribution >= 0.6 is 0 Å². The highest BCUT2D eigenvalue weighted by molar-refractivity contribution is 7.87. The quantitative estimate of drug-likeness (QED) is 0.611. The Labute approximate surface area is 158 Å². The van der Waals surface area contributed by atoms with Gasteiger partial charge in [0.1, 0.15) is 18.2 Å². The van der Waals surface area contributed by atoms with E-state index >= 15 is 0 Å². The van der Waals surface area contributed by atoms with Crippen LogP contribution in [-0.2, 0) is 32.7 Å². The van der Waals surface area contributed by atoms with Crippen LogP contribution in [0.1, 0.15) is 18.1 Å². The fourth-order valence-electron chi connectivity index (χ4n) is 2.38. The number of carbonyl (C=O) groups excluding carboxylic acids is 1. The van der Waals surface area contributed by atoms with Gasteiger partial charge in [0.2, 0.25) is 5.91 Å². The van der Waals surface area contributed by atoms with Crippen molar-refractivity contribution in [1.82, 2.24) is 4.90 Å². The van der Waals surface area contributed by atoms with Crippen molar-refractivity contribution >= 4 is 16.0 Å². The Kier molecular flexibility index (Phi) is 7.32. The van der Waals surface area contributed by atoms with E-state index in [1.165, 1.54) is 32.2 Å². The molecule has 0 aliphatic carbocycles. The first-order valence-electron chi connectivity index (χ1n) is 8.35. The average Bonchev–Trinajstić information content (AvgIpc) is 2.63. The van der Waals surface area contributed by atoms with Crippen LogP contribution in [0.5, 0.6) is 5.75 Å². The highest BCUT2D eigenvalue weighted by atomic mass is 32.2. The molecule has 1 amide bonds. The molecule has 0 bridgehead atoms. The van der Waals surface area contributed by atoms with Gasteiger partial charge < -0.3 is 13.8 Å². The molecule has 2 aromatic rings. The summed E-state index contributed by atoms with van der Waals surface area (Å²) in [5.74, 6) is -0.541. The van der Waals surface area contributed by atoms with Gasteiger partial charge in [0, 0.05) is 20.2 Å². The molecule has 0 spiro atoms. The number of hydrogen-bond acceptors (Lipinski definition) is 5. The summed E-state index contributed by atoms with van der Waals surface area (Å²) in [5.41, 5.74) is 1.46. The van der Waals surface area contributed by atoms with E-state index in [4.69, 9.17) is 8.92 Å². The molecule has 0 N–H and O–H groups in total. The number of ether oxygens (including phenoxy) is 1. The molecular weight excluding hydrogens is 373 g/mol. The molecule has 0 saturated carbocycles. The maximum atomic E-state index is 13.1. The number of nitrogens with zero attached hydrogens (tertiary/aromatic N) is 1. The number of hydrogen-bond donors (Lipinski definition) is 0. The highest BCUT2D eigenvalue weighted by Gasteiger charge is 2.16. The second-order valence-corrected chi connectivity index (χ2v) is 7.75. The van der Waals surface area contributed by atoms with Crippen LogP contribution in [-0.4, -0.2) is 38.7 Å². The van der Waals surface area contributed by atoms with Crippen LogP contribution in [0.15, 0.2) is 48.5 Å². The molecule has 2 aromatic carbocycles. The molecule has 0 fully saturated rings. The normalized spacial score (nSPS) is 11.2. The molecule has 0 radical (unpaired) electrons. The van der Waals surface area contributed by atoms with E-state index in [-0.39, 0.29) is 42.9 Å². The van der Waals surface area contributed by atoms with Crippen LogP contribution in [0.3, 0.4) is 0 Å². The van der Waals surface area contributed by atoms with Crippen LogP contribution in [0.2, 0.25) is 0 Å². The molecule has 6 nitrogen and oxygen atoms in total. The molecule has 146 valence electrons. The summed E-state index contributed by atoms with van der Waals surface area (Å²) >= 11 is 0. The summed E-state index contributed by atoms with van der Waals surface area (Å²) in [6, 6.07) is 12.4. The maximum absolute atomic E-state index is 13.1. The van der Waals surface area contributed by atoms with Gasteiger partial charge in [-0.1, -0.05) is 24.3 Å². The van der Waals surface area contributed by atoms with Crippen molar-refractivity contribution in [3.63, 3.8) is 0 Å². The summed E-state index contributed by atoms with van der Waals surface area (Å²) in [6.45, 7) is 1.89. The van der Waals surface area contributed by atoms with Gasteiger partial charge in [-0.3, -0.25) is 4.79 Å².